The molecule has 0 radical (unpaired) electrons. The van der Waals surface area contributed by atoms with Gasteiger partial charge in [-0.3, -0.25) is 0 Å². The number of carbonyl (C=O) groups is 3. The first-order chi connectivity index (χ1) is 17.2. The lowest BCUT2D eigenvalue weighted by molar-refractivity contribution is -0.140. The molecule has 0 spiro atoms. The van der Waals surface area contributed by atoms with Gasteiger partial charge in [0.2, 0.25) is 0 Å². The molecule has 0 saturated heterocycles. The Bertz CT molecular complexity index is 1050. The molecule has 192 valence electrons. The van der Waals surface area contributed by atoms with Gasteiger partial charge >= 0.3 is 18.0 Å². The molecule has 0 fully saturated rings. The summed E-state index contributed by atoms with van der Waals surface area (Å²) in [4.78, 5) is 35.3. The van der Waals surface area contributed by atoms with E-state index in [9.17, 15) is 14.4 Å². The summed E-state index contributed by atoms with van der Waals surface area (Å²) in [5, 5.41) is 2.51. The third-order valence-corrected chi connectivity index (χ3v) is 4.46. The van der Waals surface area contributed by atoms with Gasteiger partial charge < -0.3 is 29.0 Å². The monoisotopic (exact) mass is 497 g/mol. The zero-order valence-electron chi connectivity index (χ0n) is 20.5. The molecule has 9 heteroatoms. The number of para-hydroxylation sites is 1. The molecule has 1 unspecified atom stereocenters. The van der Waals surface area contributed by atoms with Crippen LogP contribution in [0.3, 0.4) is 0 Å². The molecular weight excluding hydrogens is 466 g/mol. The minimum absolute atomic E-state index is 0.0000940. The van der Waals surface area contributed by atoms with Crippen molar-refractivity contribution in [1.29, 1.82) is 0 Å². The van der Waals surface area contributed by atoms with E-state index in [0.717, 1.165) is 5.56 Å². The smallest absolute Gasteiger partial charge is 0.407 e. The van der Waals surface area contributed by atoms with Gasteiger partial charge in [0.1, 0.15) is 37.9 Å². The van der Waals surface area contributed by atoms with E-state index < -0.39 is 24.1 Å². The summed E-state index contributed by atoms with van der Waals surface area (Å²) in [5.74, 6) is 0.0939. The lowest BCUT2D eigenvalue weighted by Gasteiger charge is -2.19. The van der Waals surface area contributed by atoms with Crippen molar-refractivity contribution in [2.24, 2.45) is 0 Å². The number of alkyl carbamates (subject to hydrolysis) is 1. The van der Waals surface area contributed by atoms with Crippen LogP contribution in [0.5, 0.6) is 11.5 Å². The summed E-state index contributed by atoms with van der Waals surface area (Å²) in [5.41, 5.74) is 1.31. The third kappa shape index (κ3) is 10.8. The second-order valence-electron chi connectivity index (χ2n) is 7.81. The summed E-state index contributed by atoms with van der Waals surface area (Å²) < 4.78 is 27.1. The Morgan fingerprint density at radius 3 is 2.11 bits per heavy atom. The second-order valence-corrected chi connectivity index (χ2v) is 7.81. The molecule has 9 nitrogen and oxygen atoms in total. The van der Waals surface area contributed by atoms with Crippen molar-refractivity contribution in [2.45, 2.75) is 26.6 Å². The van der Waals surface area contributed by atoms with E-state index in [2.05, 4.69) is 18.5 Å². The SMILES string of the molecule is C=C(C)C(=O)OCCNC(=O)OC(COc1ccccc1)COc1cccc(COC(=O)C(=C)C)c1. The zero-order valence-corrected chi connectivity index (χ0v) is 20.5. The van der Waals surface area contributed by atoms with Crippen LogP contribution in [0.2, 0.25) is 0 Å². The first-order valence-corrected chi connectivity index (χ1v) is 11.2. The molecule has 2 rings (SSSR count). The number of carbonyl (C=O) groups excluding carboxylic acids is 3. The van der Waals surface area contributed by atoms with Gasteiger partial charge in [-0.25, -0.2) is 14.4 Å². The lowest BCUT2D eigenvalue weighted by Crippen LogP contribution is -2.37. The van der Waals surface area contributed by atoms with E-state index in [1.807, 2.05) is 18.2 Å². The Balaban J connectivity index is 1.91. The van der Waals surface area contributed by atoms with Crippen LogP contribution >= 0.6 is 0 Å². The summed E-state index contributed by atoms with van der Waals surface area (Å²) >= 11 is 0. The molecule has 0 aliphatic carbocycles. The summed E-state index contributed by atoms with van der Waals surface area (Å²) in [7, 11) is 0. The highest BCUT2D eigenvalue weighted by Gasteiger charge is 2.17. The Kier molecular flexibility index (Phi) is 11.6. The van der Waals surface area contributed by atoms with Crippen molar-refractivity contribution in [3.05, 3.63) is 84.5 Å². The van der Waals surface area contributed by atoms with E-state index >= 15 is 0 Å². The molecule has 2 aromatic carbocycles. The Hall–Kier alpha value is -4.27. The average Bonchev–Trinajstić information content (AvgIpc) is 2.87. The highest BCUT2D eigenvalue weighted by Crippen LogP contribution is 2.16. The molecule has 2 aromatic rings. The van der Waals surface area contributed by atoms with E-state index in [4.69, 9.17) is 23.7 Å². The maximum atomic E-state index is 12.3. The maximum Gasteiger partial charge on any atom is 0.407 e. The highest BCUT2D eigenvalue weighted by molar-refractivity contribution is 5.87. The van der Waals surface area contributed by atoms with Crippen LogP contribution in [-0.2, 0) is 30.4 Å². The van der Waals surface area contributed by atoms with Crippen LogP contribution in [0.1, 0.15) is 19.4 Å². The largest absolute Gasteiger partial charge is 0.490 e. The van der Waals surface area contributed by atoms with Crippen LogP contribution in [-0.4, -0.2) is 50.5 Å². The molecule has 0 aliphatic heterocycles. The first kappa shape index (κ1) is 28.0. The quantitative estimate of drug-likeness (QED) is 0.181. The number of nitrogens with one attached hydrogen (secondary N) is 1. The van der Waals surface area contributed by atoms with Gasteiger partial charge in [0.15, 0.2) is 6.10 Å². The van der Waals surface area contributed by atoms with Crippen molar-refractivity contribution in [1.82, 2.24) is 5.32 Å². The van der Waals surface area contributed by atoms with Gasteiger partial charge in [-0.2, -0.15) is 0 Å². The standard InChI is InChI=1S/C27H31NO8/c1-19(2)25(29)32-14-13-28-27(31)36-24(17-33-22-10-6-5-7-11-22)18-34-23-12-8-9-21(15-23)16-35-26(30)20(3)4/h5-12,15,24H,1,3,13-14,16-18H2,2,4H3,(H,28,31). The molecule has 0 saturated carbocycles. The van der Waals surface area contributed by atoms with Crippen LogP contribution in [0.25, 0.3) is 0 Å². The molecule has 1 amide bonds. The molecule has 0 aromatic heterocycles. The Labute approximate surface area is 210 Å². The average molecular weight is 498 g/mol. The normalized spacial score (nSPS) is 10.9. The number of benzene rings is 2. The minimum atomic E-state index is -0.756. The molecule has 0 heterocycles. The summed E-state index contributed by atoms with van der Waals surface area (Å²) in [6.07, 6.45) is -1.47. The fourth-order valence-electron chi connectivity index (χ4n) is 2.62. The van der Waals surface area contributed by atoms with E-state index in [1.54, 1.807) is 43.3 Å². The molecule has 0 aliphatic rings. The third-order valence-electron chi connectivity index (χ3n) is 4.46. The highest BCUT2D eigenvalue weighted by atomic mass is 16.6. The van der Waals surface area contributed by atoms with E-state index in [-0.39, 0.29) is 38.5 Å². The molecular formula is C27H31NO8. The fraction of sp³-hybridized carbons (Fsp3) is 0.296. The van der Waals surface area contributed by atoms with Crippen molar-refractivity contribution in [3.63, 3.8) is 0 Å². The molecule has 0 bridgehead atoms. The number of ether oxygens (including phenoxy) is 5. The maximum absolute atomic E-state index is 12.3. The number of rotatable bonds is 14. The summed E-state index contributed by atoms with van der Waals surface area (Å²) in [6, 6.07) is 16.1. The molecule has 1 N–H and O–H groups in total. The van der Waals surface area contributed by atoms with E-state index in [1.165, 1.54) is 6.92 Å². The predicted octanol–water partition coefficient (Wildman–Crippen LogP) is 3.98. The fourth-order valence-corrected chi connectivity index (χ4v) is 2.62. The van der Waals surface area contributed by atoms with Gasteiger partial charge in [-0.05, 0) is 43.7 Å². The van der Waals surface area contributed by atoms with Crippen molar-refractivity contribution in [3.8, 4) is 11.5 Å². The van der Waals surface area contributed by atoms with Crippen molar-refractivity contribution in [2.75, 3.05) is 26.4 Å². The Morgan fingerprint density at radius 1 is 0.833 bits per heavy atom. The van der Waals surface area contributed by atoms with Crippen molar-refractivity contribution >= 4 is 18.0 Å². The minimum Gasteiger partial charge on any atom is -0.490 e. The second kappa shape index (κ2) is 14.9. The number of esters is 2. The van der Waals surface area contributed by atoms with Gasteiger partial charge in [0, 0.05) is 11.1 Å². The van der Waals surface area contributed by atoms with Crippen molar-refractivity contribution < 1.29 is 38.1 Å². The van der Waals surface area contributed by atoms with Gasteiger partial charge in [-0.15, -0.1) is 0 Å². The van der Waals surface area contributed by atoms with Gasteiger partial charge in [0.25, 0.3) is 0 Å². The van der Waals surface area contributed by atoms with Crippen LogP contribution in [0, 0.1) is 0 Å². The van der Waals surface area contributed by atoms with Gasteiger partial charge in [0.05, 0.1) is 6.54 Å². The number of hydrogen-bond acceptors (Lipinski definition) is 8. The number of hydrogen-bond donors (Lipinski definition) is 1. The van der Waals surface area contributed by atoms with Crippen LogP contribution in [0.4, 0.5) is 4.79 Å². The first-order valence-electron chi connectivity index (χ1n) is 11.2. The molecule has 36 heavy (non-hydrogen) atoms. The lowest BCUT2D eigenvalue weighted by atomic mass is 10.2. The topological polar surface area (TPSA) is 109 Å². The van der Waals surface area contributed by atoms with E-state index in [0.29, 0.717) is 17.1 Å². The predicted molar refractivity (Wildman–Crippen MR) is 133 cm³/mol. The molecule has 1 atom stereocenters. The number of amides is 1. The summed E-state index contributed by atoms with van der Waals surface area (Å²) in [6.45, 7) is 10.3. The van der Waals surface area contributed by atoms with Crippen LogP contribution < -0.4 is 14.8 Å². The Morgan fingerprint density at radius 2 is 1.44 bits per heavy atom. The van der Waals surface area contributed by atoms with Crippen LogP contribution in [0.15, 0.2) is 78.9 Å². The van der Waals surface area contributed by atoms with Gasteiger partial charge in [-0.1, -0.05) is 43.5 Å². The zero-order chi connectivity index (χ0) is 26.3.